The predicted octanol–water partition coefficient (Wildman–Crippen LogP) is 3.71. The van der Waals surface area contributed by atoms with Gasteiger partial charge >= 0.3 is 0 Å². The topological polar surface area (TPSA) is 26.9 Å². The summed E-state index contributed by atoms with van der Waals surface area (Å²) >= 11 is 6.84. The SMILES string of the molecule is CCCn1c(CBr)c(Br)c(=O)n1-c1ccccc1. The molecule has 0 bridgehead atoms. The average molecular weight is 374 g/mol. The summed E-state index contributed by atoms with van der Waals surface area (Å²) in [6.45, 7) is 2.92. The van der Waals surface area contributed by atoms with Gasteiger partial charge in [-0.05, 0) is 34.5 Å². The van der Waals surface area contributed by atoms with E-state index in [2.05, 4.69) is 38.8 Å². The number of para-hydroxylation sites is 1. The highest BCUT2D eigenvalue weighted by molar-refractivity contribution is 9.10. The van der Waals surface area contributed by atoms with Crippen molar-refractivity contribution in [3.8, 4) is 5.69 Å². The van der Waals surface area contributed by atoms with E-state index in [1.54, 1.807) is 4.68 Å². The zero-order valence-electron chi connectivity index (χ0n) is 10.1. The van der Waals surface area contributed by atoms with E-state index in [4.69, 9.17) is 0 Å². The Bertz CT molecular complexity index is 587. The van der Waals surface area contributed by atoms with Crippen LogP contribution in [0.15, 0.2) is 39.6 Å². The van der Waals surface area contributed by atoms with Crippen LogP contribution in [0.25, 0.3) is 5.69 Å². The van der Waals surface area contributed by atoms with Gasteiger partial charge in [-0.2, -0.15) is 0 Å². The van der Waals surface area contributed by atoms with Gasteiger partial charge in [0, 0.05) is 11.9 Å². The summed E-state index contributed by atoms with van der Waals surface area (Å²) in [5, 5.41) is 0.655. The molecule has 2 rings (SSSR count). The number of alkyl halides is 1. The van der Waals surface area contributed by atoms with Crippen molar-refractivity contribution in [1.82, 2.24) is 9.36 Å². The van der Waals surface area contributed by atoms with Gasteiger partial charge in [0.1, 0.15) is 4.47 Å². The number of benzene rings is 1. The molecule has 0 unspecified atom stereocenters. The number of rotatable bonds is 4. The summed E-state index contributed by atoms with van der Waals surface area (Å²) in [5.41, 5.74) is 1.86. The molecule has 96 valence electrons. The quantitative estimate of drug-likeness (QED) is 0.750. The summed E-state index contributed by atoms with van der Waals surface area (Å²) in [6, 6.07) is 9.71. The van der Waals surface area contributed by atoms with E-state index in [9.17, 15) is 4.79 Å². The number of nitrogens with zero attached hydrogens (tertiary/aromatic N) is 2. The van der Waals surface area contributed by atoms with Crippen molar-refractivity contribution in [1.29, 1.82) is 0 Å². The van der Waals surface area contributed by atoms with E-state index in [-0.39, 0.29) is 5.56 Å². The fraction of sp³-hybridized carbons (Fsp3) is 0.308. The van der Waals surface area contributed by atoms with Crippen LogP contribution < -0.4 is 5.56 Å². The van der Waals surface area contributed by atoms with Crippen molar-refractivity contribution < 1.29 is 0 Å². The fourth-order valence-corrected chi connectivity index (χ4v) is 3.42. The van der Waals surface area contributed by atoms with E-state index < -0.39 is 0 Å². The van der Waals surface area contributed by atoms with Crippen LogP contribution in [0.4, 0.5) is 0 Å². The van der Waals surface area contributed by atoms with Gasteiger partial charge in [0.15, 0.2) is 0 Å². The number of hydrogen-bond acceptors (Lipinski definition) is 1. The van der Waals surface area contributed by atoms with Crippen LogP contribution in [-0.2, 0) is 11.9 Å². The van der Waals surface area contributed by atoms with Crippen LogP contribution in [0.3, 0.4) is 0 Å². The first-order valence-corrected chi connectivity index (χ1v) is 7.73. The van der Waals surface area contributed by atoms with Gasteiger partial charge in [-0.3, -0.25) is 9.48 Å². The number of aromatic nitrogens is 2. The molecule has 1 heterocycles. The first-order valence-electron chi connectivity index (χ1n) is 5.82. The lowest BCUT2D eigenvalue weighted by Crippen LogP contribution is -2.21. The van der Waals surface area contributed by atoms with Gasteiger partial charge in [-0.1, -0.05) is 41.1 Å². The minimum Gasteiger partial charge on any atom is -0.280 e. The first-order chi connectivity index (χ1) is 8.70. The van der Waals surface area contributed by atoms with Gasteiger partial charge in [0.25, 0.3) is 5.56 Å². The Labute approximate surface area is 123 Å². The van der Waals surface area contributed by atoms with Gasteiger partial charge in [0.05, 0.1) is 11.4 Å². The molecule has 18 heavy (non-hydrogen) atoms. The standard InChI is InChI=1S/C13H14Br2N2O/c1-2-8-16-11(9-14)12(15)13(18)17(16)10-6-4-3-5-7-10/h3-7H,2,8-9H2,1H3. The van der Waals surface area contributed by atoms with Gasteiger partial charge in [-0.25, -0.2) is 4.68 Å². The lowest BCUT2D eigenvalue weighted by Gasteiger charge is -2.13. The van der Waals surface area contributed by atoms with Crippen molar-refractivity contribution in [3.63, 3.8) is 0 Å². The Morgan fingerprint density at radius 3 is 2.44 bits per heavy atom. The molecule has 0 saturated carbocycles. The van der Waals surface area contributed by atoms with Crippen LogP contribution in [-0.4, -0.2) is 9.36 Å². The monoisotopic (exact) mass is 372 g/mol. The van der Waals surface area contributed by atoms with E-state index in [1.807, 2.05) is 35.0 Å². The summed E-state index contributed by atoms with van der Waals surface area (Å²) in [6.07, 6.45) is 0.980. The molecule has 0 aliphatic rings. The molecule has 0 atom stereocenters. The normalized spacial score (nSPS) is 10.8. The molecule has 0 spiro atoms. The number of hydrogen-bond donors (Lipinski definition) is 0. The molecule has 0 aliphatic heterocycles. The molecule has 3 nitrogen and oxygen atoms in total. The fourth-order valence-electron chi connectivity index (χ4n) is 1.96. The minimum atomic E-state index is -0.0101. The largest absolute Gasteiger partial charge is 0.286 e. The molecular formula is C13H14Br2N2O. The maximum Gasteiger partial charge on any atom is 0.286 e. The Morgan fingerprint density at radius 1 is 1.22 bits per heavy atom. The van der Waals surface area contributed by atoms with E-state index in [1.165, 1.54) is 0 Å². The van der Waals surface area contributed by atoms with Crippen LogP contribution in [0.5, 0.6) is 0 Å². The average Bonchev–Trinajstić information content (AvgIpc) is 2.63. The van der Waals surface area contributed by atoms with Crippen molar-refractivity contribution in [2.75, 3.05) is 0 Å². The highest BCUT2D eigenvalue weighted by atomic mass is 79.9. The molecular weight excluding hydrogens is 360 g/mol. The van der Waals surface area contributed by atoms with Crippen molar-refractivity contribution in [2.24, 2.45) is 0 Å². The van der Waals surface area contributed by atoms with Crippen LogP contribution in [0.2, 0.25) is 0 Å². The third kappa shape index (κ3) is 2.34. The number of halogens is 2. The molecule has 5 heteroatoms. The Kier molecular flexibility index (Phi) is 4.45. The summed E-state index contributed by atoms with van der Waals surface area (Å²) in [7, 11) is 0. The van der Waals surface area contributed by atoms with Crippen LogP contribution in [0, 0.1) is 0 Å². The summed E-state index contributed by atoms with van der Waals surface area (Å²) in [4.78, 5) is 12.3. The second kappa shape index (κ2) is 5.89. The highest BCUT2D eigenvalue weighted by Crippen LogP contribution is 2.19. The molecule has 0 radical (unpaired) electrons. The molecule has 0 amide bonds. The lowest BCUT2D eigenvalue weighted by molar-refractivity contribution is 0.522. The van der Waals surface area contributed by atoms with Crippen LogP contribution in [0.1, 0.15) is 19.0 Å². The third-order valence-electron chi connectivity index (χ3n) is 2.75. The molecule has 1 aromatic heterocycles. The predicted molar refractivity (Wildman–Crippen MR) is 80.7 cm³/mol. The maximum atomic E-state index is 12.3. The molecule has 0 fully saturated rings. The Balaban J connectivity index is 2.70. The lowest BCUT2D eigenvalue weighted by atomic mass is 10.3. The van der Waals surface area contributed by atoms with Gasteiger partial charge in [0.2, 0.25) is 0 Å². The second-order valence-corrected chi connectivity index (χ2v) is 5.32. The Morgan fingerprint density at radius 2 is 1.89 bits per heavy atom. The molecule has 0 N–H and O–H groups in total. The summed E-state index contributed by atoms with van der Waals surface area (Å²) < 4.78 is 4.39. The van der Waals surface area contributed by atoms with Crippen LogP contribution >= 0.6 is 31.9 Å². The smallest absolute Gasteiger partial charge is 0.280 e. The van der Waals surface area contributed by atoms with Crippen molar-refractivity contribution >= 4 is 31.9 Å². The van der Waals surface area contributed by atoms with E-state index >= 15 is 0 Å². The first kappa shape index (κ1) is 13.6. The molecule has 0 saturated heterocycles. The van der Waals surface area contributed by atoms with Crippen molar-refractivity contribution in [3.05, 3.63) is 50.9 Å². The second-order valence-electron chi connectivity index (χ2n) is 3.97. The third-order valence-corrected chi connectivity index (χ3v) is 4.08. The zero-order valence-corrected chi connectivity index (χ0v) is 13.2. The van der Waals surface area contributed by atoms with E-state index in [0.717, 1.165) is 24.3 Å². The maximum absolute atomic E-state index is 12.3. The summed E-state index contributed by atoms with van der Waals surface area (Å²) in [5.74, 6) is 0. The van der Waals surface area contributed by atoms with Crippen molar-refractivity contribution in [2.45, 2.75) is 25.2 Å². The van der Waals surface area contributed by atoms with Gasteiger partial charge < -0.3 is 0 Å². The van der Waals surface area contributed by atoms with Gasteiger partial charge in [-0.15, -0.1) is 0 Å². The Hall–Kier alpha value is -0.810. The molecule has 1 aromatic carbocycles. The molecule has 2 aromatic rings. The highest BCUT2D eigenvalue weighted by Gasteiger charge is 2.17. The molecule has 0 aliphatic carbocycles. The van der Waals surface area contributed by atoms with E-state index in [0.29, 0.717) is 9.80 Å². The minimum absolute atomic E-state index is 0.0101. The zero-order chi connectivity index (χ0) is 13.1.